The summed E-state index contributed by atoms with van der Waals surface area (Å²) in [5, 5.41) is 8.60. The molecular weight excluding hydrogens is 266 g/mol. The molecule has 1 aromatic rings. The first-order valence-corrected chi connectivity index (χ1v) is 7.50. The molecule has 5 nitrogen and oxygen atoms in total. The summed E-state index contributed by atoms with van der Waals surface area (Å²) in [6.07, 6.45) is 4.28. The van der Waals surface area contributed by atoms with E-state index in [2.05, 4.69) is 16.0 Å². The SMILES string of the molecule is CNCC(=O)NCc1cccc(NC(=O)C2CCCC2)c1. The van der Waals surface area contributed by atoms with Crippen molar-refractivity contribution in [3.63, 3.8) is 0 Å². The first-order chi connectivity index (χ1) is 10.2. The smallest absolute Gasteiger partial charge is 0.234 e. The third kappa shape index (κ3) is 4.86. The number of rotatable bonds is 6. The van der Waals surface area contributed by atoms with Crippen molar-refractivity contribution in [2.24, 2.45) is 5.92 Å². The van der Waals surface area contributed by atoms with Gasteiger partial charge in [-0.2, -0.15) is 0 Å². The Bertz CT molecular complexity index is 496. The first-order valence-electron chi connectivity index (χ1n) is 7.50. The molecule has 1 aliphatic carbocycles. The van der Waals surface area contributed by atoms with Crippen molar-refractivity contribution in [1.82, 2.24) is 10.6 Å². The number of hydrogen-bond acceptors (Lipinski definition) is 3. The second-order valence-electron chi connectivity index (χ2n) is 5.48. The van der Waals surface area contributed by atoms with E-state index in [1.165, 1.54) is 0 Å². The van der Waals surface area contributed by atoms with Crippen LogP contribution in [-0.4, -0.2) is 25.4 Å². The summed E-state index contributed by atoms with van der Waals surface area (Å²) >= 11 is 0. The molecule has 5 heteroatoms. The van der Waals surface area contributed by atoms with Crippen LogP contribution in [0.15, 0.2) is 24.3 Å². The van der Waals surface area contributed by atoms with Crippen LogP contribution >= 0.6 is 0 Å². The molecule has 21 heavy (non-hydrogen) atoms. The lowest BCUT2D eigenvalue weighted by Crippen LogP contribution is -2.31. The van der Waals surface area contributed by atoms with E-state index in [0.29, 0.717) is 13.1 Å². The lowest BCUT2D eigenvalue weighted by Gasteiger charge is -2.11. The molecular formula is C16H23N3O2. The predicted molar refractivity (Wildman–Crippen MR) is 82.8 cm³/mol. The zero-order valence-corrected chi connectivity index (χ0v) is 12.4. The standard InChI is InChI=1S/C16H23N3O2/c1-17-11-15(20)18-10-12-5-4-8-14(9-12)19-16(21)13-6-2-3-7-13/h4-5,8-9,13,17H,2-3,6-7,10-11H2,1H3,(H,18,20)(H,19,21). The van der Waals surface area contributed by atoms with Crippen LogP contribution in [0.3, 0.4) is 0 Å². The highest BCUT2D eigenvalue weighted by Crippen LogP contribution is 2.26. The molecule has 0 heterocycles. The fraction of sp³-hybridized carbons (Fsp3) is 0.500. The molecule has 2 amide bonds. The number of likely N-dealkylation sites (N-methyl/N-ethyl adjacent to an activating group) is 1. The second-order valence-corrected chi connectivity index (χ2v) is 5.48. The van der Waals surface area contributed by atoms with Gasteiger partial charge in [0.15, 0.2) is 0 Å². The average Bonchev–Trinajstić information content (AvgIpc) is 3.00. The summed E-state index contributed by atoms with van der Waals surface area (Å²) in [6.45, 7) is 0.770. The minimum Gasteiger partial charge on any atom is -0.351 e. The summed E-state index contributed by atoms with van der Waals surface area (Å²) in [6, 6.07) is 7.62. The second kappa shape index (κ2) is 7.78. The van der Waals surface area contributed by atoms with Gasteiger partial charge in [0.2, 0.25) is 11.8 Å². The van der Waals surface area contributed by atoms with Crippen LogP contribution in [0.1, 0.15) is 31.2 Å². The van der Waals surface area contributed by atoms with E-state index < -0.39 is 0 Å². The Balaban J connectivity index is 1.88. The molecule has 3 N–H and O–H groups in total. The van der Waals surface area contributed by atoms with Gasteiger partial charge in [0.05, 0.1) is 6.54 Å². The minimum absolute atomic E-state index is 0.0436. The van der Waals surface area contributed by atoms with Gasteiger partial charge in [-0.25, -0.2) is 0 Å². The predicted octanol–water partition coefficient (Wildman–Crippen LogP) is 1.65. The number of carbonyl (C=O) groups is 2. The van der Waals surface area contributed by atoms with Gasteiger partial charge in [-0.1, -0.05) is 25.0 Å². The average molecular weight is 289 g/mol. The van der Waals surface area contributed by atoms with E-state index in [4.69, 9.17) is 0 Å². The van der Waals surface area contributed by atoms with Gasteiger partial charge < -0.3 is 16.0 Å². The molecule has 1 aromatic carbocycles. The third-order valence-electron chi connectivity index (χ3n) is 3.75. The summed E-state index contributed by atoms with van der Waals surface area (Å²) in [4.78, 5) is 23.5. The summed E-state index contributed by atoms with van der Waals surface area (Å²) in [5.41, 5.74) is 1.77. The highest BCUT2D eigenvalue weighted by Gasteiger charge is 2.22. The van der Waals surface area contributed by atoms with Crippen molar-refractivity contribution in [3.05, 3.63) is 29.8 Å². The van der Waals surface area contributed by atoms with Crippen molar-refractivity contribution < 1.29 is 9.59 Å². The number of hydrogen-bond donors (Lipinski definition) is 3. The fourth-order valence-electron chi connectivity index (χ4n) is 2.62. The maximum absolute atomic E-state index is 12.1. The van der Waals surface area contributed by atoms with Crippen molar-refractivity contribution in [2.45, 2.75) is 32.2 Å². The monoisotopic (exact) mass is 289 g/mol. The van der Waals surface area contributed by atoms with E-state index in [0.717, 1.165) is 36.9 Å². The van der Waals surface area contributed by atoms with Gasteiger partial charge >= 0.3 is 0 Å². The zero-order valence-electron chi connectivity index (χ0n) is 12.4. The van der Waals surface area contributed by atoms with E-state index >= 15 is 0 Å². The van der Waals surface area contributed by atoms with Crippen molar-refractivity contribution in [1.29, 1.82) is 0 Å². The molecule has 1 saturated carbocycles. The number of carbonyl (C=O) groups excluding carboxylic acids is 2. The van der Waals surface area contributed by atoms with Crippen LogP contribution in [-0.2, 0) is 16.1 Å². The van der Waals surface area contributed by atoms with Gasteiger partial charge in [0.1, 0.15) is 0 Å². The van der Waals surface area contributed by atoms with E-state index in [1.54, 1.807) is 7.05 Å². The Morgan fingerprint density at radius 2 is 2.00 bits per heavy atom. The molecule has 1 aliphatic rings. The molecule has 0 aromatic heterocycles. The topological polar surface area (TPSA) is 70.2 Å². The lowest BCUT2D eigenvalue weighted by atomic mass is 10.1. The molecule has 0 saturated heterocycles. The van der Waals surface area contributed by atoms with Crippen LogP contribution in [0.4, 0.5) is 5.69 Å². The molecule has 0 radical (unpaired) electrons. The maximum atomic E-state index is 12.1. The van der Waals surface area contributed by atoms with Crippen molar-refractivity contribution in [2.75, 3.05) is 18.9 Å². The number of amides is 2. The van der Waals surface area contributed by atoms with Crippen molar-refractivity contribution in [3.8, 4) is 0 Å². The third-order valence-corrected chi connectivity index (χ3v) is 3.75. The van der Waals surface area contributed by atoms with Gasteiger partial charge in [-0.3, -0.25) is 9.59 Å². The molecule has 2 rings (SSSR count). The van der Waals surface area contributed by atoms with Gasteiger partial charge in [0.25, 0.3) is 0 Å². The van der Waals surface area contributed by atoms with Crippen LogP contribution in [0.2, 0.25) is 0 Å². The summed E-state index contributed by atoms with van der Waals surface area (Å²) < 4.78 is 0. The van der Waals surface area contributed by atoms with Crippen LogP contribution < -0.4 is 16.0 Å². The minimum atomic E-state index is -0.0436. The van der Waals surface area contributed by atoms with E-state index in [9.17, 15) is 9.59 Å². The van der Waals surface area contributed by atoms with Crippen LogP contribution in [0.5, 0.6) is 0 Å². The lowest BCUT2D eigenvalue weighted by molar-refractivity contribution is -0.120. The first kappa shape index (κ1) is 15.5. The highest BCUT2D eigenvalue weighted by molar-refractivity contribution is 5.92. The fourth-order valence-corrected chi connectivity index (χ4v) is 2.62. The molecule has 0 spiro atoms. The van der Waals surface area contributed by atoms with Gasteiger partial charge in [-0.05, 0) is 37.6 Å². The van der Waals surface area contributed by atoms with E-state index in [1.807, 2.05) is 24.3 Å². The molecule has 114 valence electrons. The van der Waals surface area contributed by atoms with Crippen molar-refractivity contribution >= 4 is 17.5 Å². The molecule has 0 aliphatic heterocycles. The molecule has 1 fully saturated rings. The molecule has 0 bridgehead atoms. The van der Waals surface area contributed by atoms with Gasteiger partial charge in [-0.15, -0.1) is 0 Å². The Kier molecular flexibility index (Phi) is 5.75. The largest absolute Gasteiger partial charge is 0.351 e. The quantitative estimate of drug-likeness (QED) is 0.746. The number of anilines is 1. The molecule has 0 unspecified atom stereocenters. The summed E-state index contributed by atoms with van der Waals surface area (Å²) in [5.74, 6) is 0.228. The zero-order chi connectivity index (χ0) is 15.1. The maximum Gasteiger partial charge on any atom is 0.234 e. The Morgan fingerprint density at radius 1 is 1.24 bits per heavy atom. The van der Waals surface area contributed by atoms with Crippen LogP contribution in [0, 0.1) is 5.92 Å². The van der Waals surface area contributed by atoms with Gasteiger partial charge in [0, 0.05) is 18.2 Å². The Morgan fingerprint density at radius 3 is 2.71 bits per heavy atom. The van der Waals surface area contributed by atoms with Crippen LogP contribution in [0.25, 0.3) is 0 Å². The summed E-state index contributed by atoms with van der Waals surface area (Å²) in [7, 11) is 1.73. The van der Waals surface area contributed by atoms with E-state index in [-0.39, 0.29) is 17.7 Å². The number of benzene rings is 1. The Hall–Kier alpha value is -1.88. The molecule has 0 atom stereocenters. The Labute approximate surface area is 125 Å². The number of nitrogens with one attached hydrogen (secondary N) is 3. The normalized spacial score (nSPS) is 14.9. The highest BCUT2D eigenvalue weighted by atomic mass is 16.2.